The first-order valence-corrected chi connectivity index (χ1v) is 5.25. The molecule has 0 fully saturated rings. The van der Waals surface area contributed by atoms with Gasteiger partial charge in [-0.3, -0.25) is 0 Å². The van der Waals surface area contributed by atoms with Crippen LogP contribution in [0.2, 0.25) is 0 Å². The minimum absolute atomic E-state index is 0.262. The van der Waals surface area contributed by atoms with Crippen molar-refractivity contribution < 1.29 is 4.42 Å². The average molecular weight is 217 g/mol. The van der Waals surface area contributed by atoms with Crippen LogP contribution in [-0.2, 0) is 0 Å². The molecular weight excluding hydrogens is 202 g/mol. The Balaban J connectivity index is 2.37. The second-order valence-corrected chi connectivity index (χ2v) is 3.76. The zero-order valence-corrected chi connectivity index (χ0v) is 9.69. The van der Waals surface area contributed by atoms with Crippen molar-refractivity contribution in [1.82, 2.24) is 15.3 Å². The van der Waals surface area contributed by atoms with E-state index in [4.69, 9.17) is 4.42 Å². The van der Waals surface area contributed by atoms with Gasteiger partial charge in [0, 0.05) is 23.5 Å². The van der Waals surface area contributed by atoms with Crippen molar-refractivity contribution >= 4 is 0 Å². The molecule has 0 radical (unpaired) electrons. The van der Waals surface area contributed by atoms with Gasteiger partial charge in [-0.25, -0.2) is 9.97 Å². The molecule has 2 heterocycles. The second-order valence-electron chi connectivity index (χ2n) is 3.76. The summed E-state index contributed by atoms with van der Waals surface area (Å²) in [5.41, 5.74) is 3.02. The summed E-state index contributed by atoms with van der Waals surface area (Å²) >= 11 is 0. The monoisotopic (exact) mass is 217 g/mol. The third-order valence-corrected chi connectivity index (χ3v) is 2.70. The van der Waals surface area contributed by atoms with Crippen molar-refractivity contribution in [3.05, 3.63) is 36.0 Å². The Morgan fingerprint density at radius 3 is 2.81 bits per heavy atom. The molecule has 1 unspecified atom stereocenters. The van der Waals surface area contributed by atoms with Gasteiger partial charge in [0.05, 0.1) is 11.8 Å². The minimum atomic E-state index is 0.262. The SMILES string of the molecule is CNC(C)c1cnc(-c2ccoc2)nc1C. The molecule has 0 spiro atoms. The van der Waals surface area contributed by atoms with E-state index in [2.05, 4.69) is 22.2 Å². The van der Waals surface area contributed by atoms with Gasteiger partial charge < -0.3 is 9.73 Å². The van der Waals surface area contributed by atoms with Crippen LogP contribution in [0.4, 0.5) is 0 Å². The van der Waals surface area contributed by atoms with E-state index in [1.807, 2.05) is 26.2 Å². The van der Waals surface area contributed by atoms with E-state index < -0.39 is 0 Å². The Morgan fingerprint density at radius 1 is 1.44 bits per heavy atom. The van der Waals surface area contributed by atoms with Crippen LogP contribution in [0.5, 0.6) is 0 Å². The predicted molar refractivity (Wildman–Crippen MR) is 61.9 cm³/mol. The van der Waals surface area contributed by atoms with Gasteiger partial charge in [0.15, 0.2) is 5.82 Å². The third kappa shape index (κ3) is 1.97. The van der Waals surface area contributed by atoms with Crippen LogP contribution in [0.3, 0.4) is 0 Å². The summed E-state index contributed by atoms with van der Waals surface area (Å²) in [6.07, 6.45) is 5.14. The summed E-state index contributed by atoms with van der Waals surface area (Å²) in [7, 11) is 1.92. The molecule has 0 saturated heterocycles. The molecule has 0 bridgehead atoms. The largest absolute Gasteiger partial charge is 0.472 e. The number of nitrogens with one attached hydrogen (secondary N) is 1. The Hall–Kier alpha value is -1.68. The van der Waals surface area contributed by atoms with Gasteiger partial charge in [-0.2, -0.15) is 0 Å². The Morgan fingerprint density at radius 2 is 2.25 bits per heavy atom. The standard InChI is InChI=1S/C12H15N3O/c1-8(13-3)11-6-14-12(15-9(11)2)10-4-5-16-7-10/h4-8,13H,1-3H3. The van der Waals surface area contributed by atoms with E-state index in [0.29, 0.717) is 5.82 Å². The van der Waals surface area contributed by atoms with E-state index in [0.717, 1.165) is 16.8 Å². The lowest BCUT2D eigenvalue weighted by atomic mass is 10.1. The zero-order chi connectivity index (χ0) is 11.5. The van der Waals surface area contributed by atoms with Crippen molar-refractivity contribution in [1.29, 1.82) is 0 Å². The fourth-order valence-corrected chi connectivity index (χ4v) is 1.59. The number of aryl methyl sites for hydroxylation is 1. The lowest BCUT2D eigenvalue weighted by Gasteiger charge is -2.12. The van der Waals surface area contributed by atoms with E-state index in [-0.39, 0.29) is 6.04 Å². The maximum atomic E-state index is 5.02. The molecule has 1 atom stereocenters. The van der Waals surface area contributed by atoms with E-state index in [9.17, 15) is 0 Å². The van der Waals surface area contributed by atoms with E-state index in [1.54, 1.807) is 12.5 Å². The quantitative estimate of drug-likeness (QED) is 0.857. The molecule has 0 aromatic carbocycles. The molecule has 0 saturated carbocycles. The number of hydrogen-bond donors (Lipinski definition) is 1. The fraction of sp³-hybridized carbons (Fsp3) is 0.333. The first-order chi connectivity index (χ1) is 7.72. The van der Waals surface area contributed by atoms with Crippen LogP contribution < -0.4 is 5.32 Å². The summed E-state index contributed by atoms with van der Waals surface area (Å²) in [5.74, 6) is 0.707. The Kier molecular flexibility index (Phi) is 3.01. The lowest BCUT2D eigenvalue weighted by Crippen LogP contribution is -2.14. The lowest BCUT2D eigenvalue weighted by molar-refractivity contribution is 0.568. The number of furan rings is 1. The van der Waals surface area contributed by atoms with Crippen LogP contribution in [0.15, 0.2) is 29.2 Å². The van der Waals surface area contributed by atoms with Gasteiger partial charge in [-0.15, -0.1) is 0 Å². The van der Waals surface area contributed by atoms with Gasteiger partial charge in [-0.05, 0) is 27.0 Å². The molecule has 0 aliphatic carbocycles. The minimum Gasteiger partial charge on any atom is -0.472 e. The summed E-state index contributed by atoms with van der Waals surface area (Å²) < 4.78 is 5.02. The molecule has 2 rings (SSSR count). The predicted octanol–water partition coefficient (Wildman–Crippen LogP) is 2.33. The highest BCUT2D eigenvalue weighted by atomic mass is 16.3. The van der Waals surface area contributed by atoms with E-state index in [1.165, 1.54) is 0 Å². The molecule has 2 aromatic rings. The van der Waals surface area contributed by atoms with Crippen molar-refractivity contribution in [3.63, 3.8) is 0 Å². The summed E-state index contributed by atoms with van der Waals surface area (Å²) in [5, 5.41) is 3.18. The average Bonchev–Trinajstić information content (AvgIpc) is 2.81. The molecule has 4 nitrogen and oxygen atoms in total. The second kappa shape index (κ2) is 4.45. The molecule has 1 N–H and O–H groups in total. The first-order valence-electron chi connectivity index (χ1n) is 5.25. The Bertz CT molecular complexity index is 465. The topological polar surface area (TPSA) is 51.0 Å². The number of aromatic nitrogens is 2. The Labute approximate surface area is 94.7 Å². The molecule has 0 aliphatic heterocycles. The molecule has 84 valence electrons. The fourth-order valence-electron chi connectivity index (χ4n) is 1.59. The zero-order valence-electron chi connectivity index (χ0n) is 9.69. The van der Waals surface area contributed by atoms with Crippen LogP contribution in [0, 0.1) is 6.92 Å². The summed E-state index contributed by atoms with van der Waals surface area (Å²) in [6.45, 7) is 4.08. The molecule has 0 amide bonds. The van der Waals surface area contributed by atoms with Gasteiger partial charge in [0.1, 0.15) is 6.26 Å². The maximum Gasteiger partial charge on any atom is 0.162 e. The number of rotatable bonds is 3. The molecule has 4 heteroatoms. The molecule has 0 aliphatic rings. The van der Waals surface area contributed by atoms with Gasteiger partial charge in [0.25, 0.3) is 0 Å². The third-order valence-electron chi connectivity index (χ3n) is 2.70. The van der Waals surface area contributed by atoms with Gasteiger partial charge >= 0.3 is 0 Å². The van der Waals surface area contributed by atoms with Crippen molar-refractivity contribution in [2.45, 2.75) is 19.9 Å². The normalized spacial score (nSPS) is 12.7. The first kappa shape index (κ1) is 10.8. The molecule has 16 heavy (non-hydrogen) atoms. The van der Waals surface area contributed by atoms with Crippen LogP contribution in [0.1, 0.15) is 24.2 Å². The summed E-state index contributed by atoms with van der Waals surface area (Å²) in [6, 6.07) is 2.12. The van der Waals surface area contributed by atoms with E-state index >= 15 is 0 Å². The van der Waals surface area contributed by atoms with Crippen LogP contribution in [-0.4, -0.2) is 17.0 Å². The maximum absolute atomic E-state index is 5.02. The van der Waals surface area contributed by atoms with Crippen LogP contribution in [0.25, 0.3) is 11.4 Å². The highest BCUT2D eigenvalue weighted by Gasteiger charge is 2.10. The van der Waals surface area contributed by atoms with Crippen LogP contribution >= 0.6 is 0 Å². The smallest absolute Gasteiger partial charge is 0.162 e. The van der Waals surface area contributed by atoms with Crippen molar-refractivity contribution in [2.24, 2.45) is 0 Å². The van der Waals surface area contributed by atoms with Gasteiger partial charge in [-0.1, -0.05) is 0 Å². The molecule has 2 aromatic heterocycles. The molecular formula is C12H15N3O. The van der Waals surface area contributed by atoms with Crippen molar-refractivity contribution in [3.8, 4) is 11.4 Å². The number of nitrogens with zero attached hydrogens (tertiary/aromatic N) is 2. The number of hydrogen-bond acceptors (Lipinski definition) is 4. The highest BCUT2D eigenvalue weighted by Crippen LogP contribution is 2.19. The van der Waals surface area contributed by atoms with Crippen molar-refractivity contribution in [2.75, 3.05) is 7.05 Å². The highest BCUT2D eigenvalue weighted by molar-refractivity contribution is 5.52. The summed E-state index contributed by atoms with van der Waals surface area (Å²) in [4.78, 5) is 8.81. The van der Waals surface area contributed by atoms with Gasteiger partial charge in [0.2, 0.25) is 0 Å².